The van der Waals surface area contributed by atoms with E-state index in [4.69, 9.17) is 22.1 Å². The minimum atomic E-state index is -4.40. The predicted octanol–water partition coefficient (Wildman–Crippen LogP) is 3.83. The molecule has 0 aliphatic carbocycles. The quantitative estimate of drug-likeness (QED) is 0.856. The number of rotatable bonds is 2. The smallest absolute Gasteiger partial charge is 0.416 e. The van der Waals surface area contributed by atoms with Gasteiger partial charge in [0.25, 0.3) is 0 Å². The van der Waals surface area contributed by atoms with E-state index in [2.05, 4.69) is 9.97 Å². The third kappa shape index (κ3) is 3.11. The van der Waals surface area contributed by atoms with Crippen LogP contribution < -0.4 is 10.5 Å². The molecule has 2 rings (SSSR count). The number of alkyl halides is 3. The molecule has 0 spiro atoms. The summed E-state index contributed by atoms with van der Waals surface area (Å²) < 4.78 is 42.6. The lowest BCUT2D eigenvalue weighted by Gasteiger charge is -2.10. The Bertz CT molecular complexity index is 629. The van der Waals surface area contributed by atoms with E-state index in [1.165, 1.54) is 12.1 Å². The first-order chi connectivity index (χ1) is 9.27. The van der Waals surface area contributed by atoms with Crippen LogP contribution in [-0.4, -0.2) is 9.97 Å². The number of ether oxygens (including phenoxy) is 1. The normalized spacial score (nSPS) is 11.4. The van der Waals surface area contributed by atoms with Gasteiger partial charge in [-0.3, -0.25) is 0 Å². The lowest BCUT2D eigenvalue weighted by molar-refractivity contribution is -0.137. The molecule has 0 fully saturated rings. The van der Waals surface area contributed by atoms with Gasteiger partial charge < -0.3 is 10.5 Å². The Morgan fingerprint density at radius 3 is 2.30 bits per heavy atom. The number of aromatic nitrogens is 2. The number of nitrogens with two attached hydrogens (primary N) is 1. The molecule has 0 radical (unpaired) electrons. The Kier molecular flexibility index (Phi) is 3.71. The van der Waals surface area contributed by atoms with E-state index in [1.54, 1.807) is 6.92 Å². The molecule has 0 unspecified atom stereocenters. The zero-order chi connectivity index (χ0) is 14.9. The van der Waals surface area contributed by atoms with Gasteiger partial charge in [-0.1, -0.05) is 0 Å². The van der Waals surface area contributed by atoms with Crippen LogP contribution in [0.2, 0.25) is 5.28 Å². The van der Waals surface area contributed by atoms with Gasteiger partial charge in [-0.2, -0.15) is 18.2 Å². The van der Waals surface area contributed by atoms with Gasteiger partial charge in [-0.25, -0.2) is 4.98 Å². The number of nitrogens with zero attached hydrogens (tertiary/aromatic N) is 2. The summed E-state index contributed by atoms with van der Waals surface area (Å²) in [6, 6.07) is 4.16. The first kappa shape index (κ1) is 14.4. The third-order valence-electron chi connectivity index (χ3n) is 2.47. The Hall–Kier alpha value is -2.02. The topological polar surface area (TPSA) is 61.0 Å². The highest BCUT2D eigenvalue weighted by Crippen LogP contribution is 2.32. The van der Waals surface area contributed by atoms with E-state index in [9.17, 15) is 13.2 Å². The molecule has 2 N–H and O–H groups in total. The van der Waals surface area contributed by atoms with E-state index in [0.29, 0.717) is 5.69 Å². The maximum atomic E-state index is 12.4. The molecule has 8 heteroatoms. The second-order valence-corrected chi connectivity index (χ2v) is 4.26. The standard InChI is InChI=1S/C12H9ClF3N3O/c1-6-9(17)10(19-11(13)18-6)20-8-4-2-7(3-5-8)12(14,15)16/h2-5H,17H2,1H3. The number of nitrogen functional groups attached to an aromatic ring is 1. The van der Waals surface area contributed by atoms with Crippen molar-refractivity contribution in [3.8, 4) is 11.6 Å². The van der Waals surface area contributed by atoms with E-state index in [1.807, 2.05) is 0 Å². The first-order valence-corrected chi connectivity index (χ1v) is 5.80. The zero-order valence-electron chi connectivity index (χ0n) is 10.2. The van der Waals surface area contributed by atoms with Crippen LogP contribution in [0.1, 0.15) is 11.3 Å². The summed E-state index contributed by atoms with van der Waals surface area (Å²) in [6.07, 6.45) is -4.40. The fourth-order valence-corrected chi connectivity index (χ4v) is 1.63. The van der Waals surface area contributed by atoms with Crippen LogP contribution in [0.3, 0.4) is 0 Å². The SMILES string of the molecule is Cc1nc(Cl)nc(Oc2ccc(C(F)(F)F)cc2)c1N. The third-order valence-corrected chi connectivity index (χ3v) is 2.64. The zero-order valence-corrected chi connectivity index (χ0v) is 11.0. The molecule has 106 valence electrons. The van der Waals surface area contributed by atoms with Crippen molar-refractivity contribution in [1.82, 2.24) is 9.97 Å². The number of hydrogen-bond acceptors (Lipinski definition) is 4. The van der Waals surface area contributed by atoms with Crippen molar-refractivity contribution in [2.75, 3.05) is 5.73 Å². The Labute approximate surface area is 117 Å². The summed E-state index contributed by atoms with van der Waals surface area (Å²) >= 11 is 5.67. The molecular formula is C12H9ClF3N3O. The second kappa shape index (κ2) is 5.16. The van der Waals surface area contributed by atoms with E-state index in [-0.39, 0.29) is 22.6 Å². The lowest BCUT2D eigenvalue weighted by Crippen LogP contribution is -2.04. The monoisotopic (exact) mass is 303 g/mol. The first-order valence-electron chi connectivity index (χ1n) is 5.42. The maximum absolute atomic E-state index is 12.4. The molecule has 1 aromatic heterocycles. The molecule has 0 bridgehead atoms. The summed E-state index contributed by atoms with van der Waals surface area (Å²) in [7, 11) is 0. The van der Waals surface area contributed by atoms with E-state index in [0.717, 1.165) is 12.1 Å². The van der Waals surface area contributed by atoms with Gasteiger partial charge in [0, 0.05) is 0 Å². The van der Waals surface area contributed by atoms with Crippen molar-refractivity contribution in [2.45, 2.75) is 13.1 Å². The highest BCUT2D eigenvalue weighted by Gasteiger charge is 2.30. The molecule has 0 amide bonds. The van der Waals surface area contributed by atoms with Gasteiger partial charge in [0.05, 0.1) is 11.3 Å². The molecule has 0 aliphatic heterocycles. The number of halogens is 4. The summed E-state index contributed by atoms with van der Waals surface area (Å²) in [5, 5.41) is -0.0568. The van der Waals surface area contributed by atoms with Crippen LogP contribution in [0.5, 0.6) is 11.6 Å². The van der Waals surface area contributed by atoms with Crippen molar-refractivity contribution < 1.29 is 17.9 Å². The van der Waals surface area contributed by atoms with Gasteiger partial charge in [0.15, 0.2) is 0 Å². The summed E-state index contributed by atoms with van der Waals surface area (Å²) in [6.45, 7) is 1.61. The van der Waals surface area contributed by atoms with Crippen molar-refractivity contribution in [1.29, 1.82) is 0 Å². The second-order valence-electron chi connectivity index (χ2n) is 3.92. The van der Waals surface area contributed by atoms with Crippen LogP contribution in [0, 0.1) is 6.92 Å². The van der Waals surface area contributed by atoms with Crippen LogP contribution in [0.25, 0.3) is 0 Å². The minimum absolute atomic E-state index is 0.00209. The van der Waals surface area contributed by atoms with Crippen LogP contribution in [0.15, 0.2) is 24.3 Å². The molecule has 4 nitrogen and oxygen atoms in total. The summed E-state index contributed by atoms with van der Waals surface area (Å²) in [5.74, 6) is 0.168. The van der Waals surface area contributed by atoms with Crippen molar-refractivity contribution in [3.05, 3.63) is 40.8 Å². The summed E-state index contributed by atoms with van der Waals surface area (Å²) in [4.78, 5) is 7.61. The molecular weight excluding hydrogens is 295 g/mol. The number of benzene rings is 1. The molecule has 1 heterocycles. The average Bonchev–Trinajstić information content (AvgIpc) is 2.35. The molecule has 2 aromatic rings. The van der Waals surface area contributed by atoms with Gasteiger partial charge in [0.2, 0.25) is 11.2 Å². The van der Waals surface area contributed by atoms with Crippen molar-refractivity contribution in [2.24, 2.45) is 0 Å². The largest absolute Gasteiger partial charge is 0.437 e. The fraction of sp³-hybridized carbons (Fsp3) is 0.167. The molecule has 20 heavy (non-hydrogen) atoms. The number of hydrogen-bond donors (Lipinski definition) is 1. The molecule has 1 aromatic carbocycles. The van der Waals surface area contributed by atoms with Crippen LogP contribution >= 0.6 is 11.6 Å². The average molecular weight is 304 g/mol. The van der Waals surface area contributed by atoms with Crippen LogP contribution in [-0.2, 0) is 6.18 Å². The highest BCUT2D eigenvalue weighted by atomic mass is 35.5. The number of anilines is 1. The van der Waals surface area contributed by atoms with E-state index < -0.39 is 11.7 Å². The Morgan fingerprint density at radius 1 is 1.15 bits per heavy atom. The molecule has 0 atom stereocenters. The molecule has 0 saturated carbocycles. The van der Waals surface area contributed by atoms with Gasteiger partial charge in [-0.05, 0) is 42.8 Å². The Balaban J connectivity index is 2.27. The van der Waals surface area contributed by atoms with Gasteiger partial charge in [-0.15, -0.1) is 0 Å². The Morgan fingerprint density at radius 2 is 1.75 bits per heavy atom. The van der Waals surface area contributed by atoms with Crippen molar-refractivity contribution in [3.63, 3.8) is 0 Å². The number of aryl methyl sites for hydroxylation is 1. The summed E-state index contributed by atoms with van der Waals surface area (Å²) in [5.41, 5.74) is 5.54. The van der Waals surface area contributed by atoms with Gasteiger partial charge >= 0.3 is 6.18 Å². The highest BCUT2D eigenvalue weighted by molar-refractivity contribution is 6.28. The van der Waals surface area contributed by atoms with Crippen molar-refractivity contribution >= 4 is 17.3 Å². The fourth-order valence-electron chi connectivity index (χ4n) is 1.42. The predicted molar refractivity (Wildman–Crippen MR) is 67.7 cm³/mol. The van der Waals surface area contributed by atoms with E-state index >= 15 is 0 Å². The minimum Gasteiger partial charge on any atom is -0.437 e. The lowest BCUT2D eigenvalue weighted by atomic mass is 10.2. The molecule has 0 saturated heterocycles. The van der Waals surface area contributed by atoms with Crippen LogP contribution in [0.4, 0.5) is 18.9 Å². The van der Waals surface area contributed by atoms with Gasteiger partial charge in [0.1, 0.15) is 11.4 Å². The maximum Gasteiger partial charge on any atom is 0.416 e. The molecule has 0 aliphatic rings.